The van der Waals surface area contributed by atoms with Crippen LogP contribution in [-0.4, -0.2) is 26.0 Å². The van der Waals surface area contributed by atoms with Gasteiger partial charge in [-0.1, -0.05) is 6.07 Å². The molecule has 4 nitrogen and oxygen atoms in total. The molecule has 0 saturated carbocycles. The Hall–Kier alpha value is -1.85. The molecule has 16 heavy (non-hydrogen) atoms. The molecule has 0 unspecified atom stereocenters. The van der Waals surface area contributed by atoms with Gasteiger partial charge in [0, 0.05) is 0 Å². The zero-order valence-electron chi connectivity index (χ0n) is 8.67. The third-order valence-electron chi connectivity index (χ3n) is 1.91. The van der Waals surface area contributed by atoms with Crippen molar-refractivity contribution in [1.82, 2.24) is 5.32 Å². The van der Waals surface area contributed by atoms with Crippen LogP contribution in [0.3, 0.4) is 0 Å². The van der Waals surface area contributed by atoms with E-state index in [1.54, 1.807) is 12.1 Å². The summed E-state index contributed by atoms with van der Waals surface area (Å²) in [5.74, 6) is -0.446. The van der Waals surface area contributed by atoms with Gasteiger partial charge in [-0.05, 0) is 12.1 Å². The molecule has 0 aliphatic heterocycles. The number of anilines is 1. The normalized spacial score (nSPS) is 10.2. The number of carbonyl (C=O) groups excluding carboxylic acids is 1. The molecule has 0 bridgehead atoms. The second-order valence-corrected chi connectivity index (χ2v) is 3.03. The minimum atomic E-state index is -2.59. The Kier molecular flexibility index (Phi) is 4.04. The molecular formula is C10H12F2N2O2. The fraction of sp³-hybridized carbons (Fsp3) is 0.300. The molecule has 0 aliphatic rings. The molecule has 0 aromatic heterocycles. The lowest BCUT2D eigenvalue weighted by atomic mass is 10.1. The monoisotopic (exact) mass is 230 g/mol. The molecule has 0 fully saturated rings. The average Bonchev–Trinajstić information content (AvgIpc) is 2.25. The minimum Gasteiger partial charge on any atom is -0.494 e. The molecule has 1 amide bonds. The van der Waals surface area contributed by atoms with E-state index in [2.05, 4.69) is 5.32 Å². The third kappa shape index (κ3) is 2.82. The molecule has 1 aromatic rings. The minimum absolute atomic E-state index is 0.142. The summed E-state index contributed by atoms with van der Waals surface area (Å²) in [6, 6.07) is 4.56. The Labute approximate surface area is 91.4 Å². The quantitative estimate of drug-likeness (QED) is 0.765. The molecule has 6 heteroatoms. The van der Waals surface area contributed by atoms with Gasteiger partial charge in [0.1, 0.15) is 0 Å². The lowest BCUT2D eigenvalue weighted by molar-refractivity contribution is 0.0889. The van der Waals surface area contributed by atoms with Crippen molar-refractivity contribution >= 4 is 11.6 Å². The first-order valence-corrected chi connectivity index (χ1v) is 4.55. The van der Waals surface area contributed by atoms with Crippen LogP contribution in [0, 0.1) is 0 Å². The SMILES string of the molecule is COc1c(N)cccc1C(=O)NCC(F)F. The molecule has 0 spiro atoms. The molecular weight excluding hydrogens is 218 g/mol. The summed E-state index contributed by atoms with van der Waals surface area (Å²) in [7, 11) is 1.36. The van der Waals surface area contributed by atoms with Crippen molar-refractivity contribution in [3.8, 4) is 5.75 Å². The summed E-state index contributed by atoms with van der Waals surface area (Å²) in [5.41, 5.74) is 6.00. The Balaban J connectivity index is 2.86. The average molecular weight is 230 g/mol. The maximum atomic E-state index is 11.9. The highest BCUT2D eigenvalue weighted by molar-refractivity contribution is 5.98. The Bertz CT molecular complexity index is 383. The topological polar surface area (TPSA) is 64.3 Å². The number of rotatable bonds is 4. The number of amides is 1. The summed E-state index contributed by atoms with van der Waals surface area (Å²) in [5, 5.41) is 2.08. The standard InChI is InChI=1S/C10H12F2N2O2/c1-16-9-6(3-2-4-7(9)13)10(15)14-5-8(11)12/h2-4,8H,5,13H2,1H3,(H,14,15). The molecule has 0 atom stereocenters. The lowest BCUT2D eigenvalue weighted by Gasteiger charge is -2.10. The highest BCUT2D eigenvalue weighted by Gasteiger charge is 2.15. The molecule has 0 heterocycles. The zero-order chi connectivity index (χ0) is 12.1. The van der Waals surface area contributed by atoms with Crippen molar-refractivity contribution in [2.45, 2.75) is 6.43 Å². The van der Waals surface area contributed by atoms with Crippen molar-refractivity contribution in [3.63, 3.8) is 0 Å². The Morgan fingerprint density at radius 3 is 2.81 bits per heavy atom. The van der Waals surface area contributed by atoms with Gasteiger partial charge in [0.15, 0.2) is 5.75 Å². The van der Waals surface area contributed by atoms with Crippen LogP contribution < -0.4 is 15.8 Å². The summed E-state index contributed by atoms with van der Waals surface area (Å²) >= 11 is 0. The van der Waals surface area contributed by atoms with Crippen molar-refractivity contribution in [2.75, 3.05) is 19.4 Å². The van der Waals surface area contributed by atoms with E-state index in [9.17, 15) is 13.6 Å². The predicted molar refractivity (Wildman–Crippen MR) is 55.7 cm³/mol. The van der Waals surface area contributed by atoms with Gasteiger partial charge >= 0.3 is 0 Å². The number of para-hydroxylation sites is 1. The molecule has 88 valence electrons. The van der Waals surface area contributed by atoms with Gasteiger partial charge in [-0.25, -0.2) is 8.78 Å². The summed E-state index contributed by atoms with van der Waals surface area (Å²) in [4.78, 5) is 11.5. The van der Waals surface area contributed by atoms with Crippen LogP contribution in [0.1, 0.15) is 10.4 Å². The largest absolute Gasteiger partial charge is 0.494 e. The van der Waals surface area contributed by atoms with Gasteiger partial charge in [-0.15, -0.1) is 0 Å². The highest BCUT2D eigenvalue weighted by atomic mass is 19.3. The van der Waals surface area contributed by atoms with Gasteiger partial charge < -0.3 is 15.8 Å². The number of hydrogen-bond acceptors (Lipinski definition) is 3. The summed E-state index contributed by atoms with van der Waals surface area (Å²) in [6.07, 6.45) is -2.59. The fourth-order valence-corrected chi connectivity index (χ4v) is 1.23. The van der Waals surface area contributed by atoms with Gasteiger partial charge in [0.25, 0.3) is 12.3 Å². The summed E-state index contributed by atoms with van der Waals surface area (Å²) < 4.78 is 28.7. The first-order chi connectivity index (χ1) is 7.56. The van der Waals surface area contributed by atoms with E-state index in [1.165, 1.54) is 13.2 Å². The van der Waals surface area contributed by atoms with E-state index in [-0.39, 0.29) is 17.0 Å². The molecule has 1 aromatic carbocycles. The van der Waals surface area contributed by atoms with E-state index >= 15 is 0 Å². The fourth-order valence-electron chi connectivity index (χ4n) is 1.23. The molecule has 1 rings (SSSR count). The second-order valence-electron chi connectivity index (χ2n) is 3.03. The number of nitrogen functional groups attached to an aromatic ring is 1. The molecule has 3 N–H and O–H groups in total. The first-order valence-electron chi connectivity index (χ1n) is 4.55. The smallest absolute Gasteiger partial charge is 0.255 e. The molecule has 0 radical (unpaired) electrons. The number of ether oxygens (including phenoxy) is 1. The van der Waals surface area contributed by atoms with Crippen molar-refractivity contribution in [3.05, 3.63) is 23.8 Å². The number of carbonyl (C=O) groups is 1. The van der Waals surface area contributed by atoms with Crippen molar-refractivity contribution < 1.29 is 18.3 Å². The lowest BCUT2D eigenvalue weighted by Crippen LogP contribution is -2.28. The maximum Gasteiger partial charge on any atom is 0.255 e. The van der Waals surface area contributed by atoms with Crippen LogP contribution in [-0.2, 0) is 0 Å². The zero-order valence-corrected chi connectivity index (χ0v) is 8.67. The predicted octanol–water partition coefficient (Wildman–Crippen LogP) is 1.27. The second kappa shape index (κ2) is 5.29. The number of hydrogen-bond donors (Lipinski definition) is 2. The molecule has 0 saturated heterocycles. The molecule has 0 aliphatic carbocycles. The van der Waals surface area contributed by atoms with Crippen molar-refractivity contribution in [2.24, 2.45) is 0 Å². The van der Waals surface area contributed by atoms with E-state index in [1.807, 2.05) is 0 Å². The van der Waals surface area contributed by atoms with Crippen molar-refractivity contribution in [1.29, 1.82) is 0 Å². The van der Waals surface area contributed by atoms with Crippen LogP contribution in [0.25, 0.3) is 0 Å². The van der Waals surface area contributed by atoms with Crippen LogP contribution in [0.15, 0.2) is 18.2 Å². The van der Waals surface area contributed by atoms with Gasteiger partial charge in [-0.2, -0.15) is 0 Å². The van der Waals surface area contributed by atoms with E-state index in [0.717, 1.165) is 0 Å². The van der Waals surface area contributed by atoms with Gasteiger partial charge in [-0.3, -0.25) is 4.79 Å². The van der Waals surface area contributed by atoms with Crippen LogP contribution >= 0.6 is 0 Å². The number of nitrogens with two attached hydrogens (primary N) is 1. The van der Waals surface area contributed by atoms with Gasteiger partial charge in [0.2, 0.25) is 0 Å². The van der Waals surface area contributed by atoms with E-state index in [0.29, 0.717) is 0 Å². The van der Waals surface area contributed by atoms with Gasteiger partial charge in [0.05, 0.1) is 24.9 Å². The Morgan fingerprint density at radius 2 is 2.25 bits per heavy atom. The number of nitrogens with one attached hydrogen (secondary N) is 1. The van der Waals surface area contributed by atoms with E-state index in [4.69, 9.17) is 10.5 Å². The van der Waals surface area contributed by atoms with Crippen LogP contribution in [0.5, 0.6) is 5.75 Å². The number of alkyl halides is 2. The maximum absolute atomic E-state index is 11.9. The third-order valence-corrected chi connectivity index (χ3v) is 1.91. The number of benzene rings is 1. The first kappa shape index (κ1) is 12.2. The van der Waals surface area contributed by atoms with Crippen LogP contribution in [0.4, 0.5) is 14.5 Å². The highest BCUT2D eigenvalue weighted by Crippen LogP contribution is 2.25. The summed E-state index contributed by atoms with van der Waals surface area (Å²) in [6.45, 7) is -0.698. The Morgan fingerprint density at radius 1 is 1.56 bits per heavy atom. The number of methoxy groups -OCH3 is 1. The van der Waals surface area contributed by atoms with E-state index < -0.39 is 18.9 Å². The number of halogens is 2. The van der Waals surface area contributed by atoms with Crippen LogP contribution in [0.2, 0.25) is 0 Å².